The summed E-state index contributed by atoms with van der Waals surface area (Å²) < 4.78 is 18.1. The molecule has 5 heteroatoms. The van der Waals surface area contributed by atoms with Crippen molar-refractivity contribution in [2.75, 3.05) is 19.8 Å². The highest BCUT2D eigenvalue weighted by Crippen LogP contribution is 2.28. The number of likely N-dealkylation sites (tertiary alicyclic amines) is 1. The smallest absolute Gasteiger partial charge is 0.410 e. The van der Waals surface area contributed by atoms with Gasteiger partial charge < -0.3 is 14.7 Å². The van der Waals surface area contributed by atoms with E-state index in [0.717, 1.165) is 18.4 Å². The van der Waals surface area contributed by atoms with Crippen molar-refractivity contribution < 1.29 is 19.0 Å². The molecule has 1 N–H and O–H groups in total. The summed E-state index contributed by atoms with van der Waals surface area (Å²) in [6.07, 6.45) is 1.07. The van der Waals surface area contributed by atoms with E-state index in [9.17, 15) is 14.3 Å². The number of alkyl halides is 1. The summed E-state index contributed by atoms with van der Waals surface area (Å²) in [7, 11) is 0. The molecule has 1 fully saturated rings. The van der Waals surface area contributed by atoms with Crippen molar-refractivity contribution in [2.24, 2.45) is 5.92 Å². The molecule has 0 unspecified atom stereocenters. The number of nitrogens with zero attached hydrogens (tertiary/aromatic N) is 1. The molecule has 2 atom stereocenters. The Labute approximate surface area is 124 Å². The lowest BCUT2D eigenvalue weighted by atomic mass is 9.84. The molecule has 1 heterocycles. The second kappa shape index (κ2) is 6.89. The first-order valence-electron chi connectivity index (χ1n) is 7.27. The molecule has 1 aromatic carbocycles. The fraction of sp³-hybridized carbons (Fsp3) is 0.562. The molecule has 0 bridgehead atoms. The van der Waals surface area contributed by atoms with E-state index in [-0.39, 0.29) is 12.5 Å². The van der Waals surface area contributed by atoms with Crippen LogP contribution >= 0.6 is 0 Å². The molecular weight excluding hydrogens is 273 g/mol. The molecule has 0 radical (unpaired) electrons. The highest BCUT2D eigenvalue weighted by atomic mass is 19.1. The van der Waals surface area contributed by atoms with Crippen molar-refractivity contribution in [1.82, 2.24) is 4.90 Å². The van der Waals surface area contributed by atoms with Gasteiger partial charge in [0.25, 0.3) is 0 Å². The lowest BCUT2D eigenvalue weighted by Crippen LogP contribution is -2.49. The van der Waals surface area contributed by atoms with Gasteiger partial charge in [-0.1, -0.05) is 30.3 Å². The van der Waals surface area contributed by atoms with E-state index in [4.69, 9.17) is 4.74 Å². The first-order chi connectivity index (χ1) is 10.0. The summed E-state index contributed by atoms with van der Waals surface area (Å²) in [5.41, 5.74) is -0.451. The molecule has 0 aromatic heterocycles. The third-order valence-electron chi connectivity index (χ3n) is 4.03. The van der Waals surface area contributed by atoms with Gasteiger partial charge >= 0.3 is 6.09 Å². The molecule has 1 saturated heterocycles. The Balaban J connectivity index is 1.87. The number of carbonyl (C=O) groups excluding carboxylic acids is 1. The molecule has 1 aliphatic rings. The summed E-state index contributed by atoms with van der Waals surface area (Å²) in [5, 5.41) is 10.0. The Morgan fingerprint density at radius 1 is 1.48 bits per heavy atom. The number of piperidine rings is 1. The van der Waals surface area contributed by atoms with Crippen molar-refractivity contribution in [3.63, 3.8) is 0 Å². The zero-order valence-electron chi connectivity index (χ0n) is 12.3. The molecule has 1 aliphatic heterocycles. The monoisotopic (exact) mass is 295 g/mol. The quantitative estimate of drug-likeness (QED) is 0.929. The molecule has 4 nitrogen and oxygen atoms in total. The van der Waals surface area contributed by atoms with Gasteiger partial charge in [-0.05, 0) is 25.3 Å². The Bertz CT molecular complexity index is 464. The standard InChI is InChI=1S/C16H22FNO3/c1-16(20,12-17)14-8-5-9-18(10-14)15(19)21-11-13-6-3-2-4-7-13/h2-4,6-7,14,20H,5,8-12H2,1H3/t14-,16-/m0/s1. The number of hydrogen-bond donors (Lipinski definition) is 1. The average molecular weight is 295 g/mol. The maximum atomic E-state index is 12.9. The predicted octanol–water partition coefficient (Wildman–Crippen LogP) is 2.76. The Kier molecular flexibility index (Phi) is 5.17. The van der Waals surface area contributed by atoms with E-state index in [0.29, 0.717) is 13.1 Å². The van der Waals surface area contributed by atoms with Gasteiger partial charge in [0.1, 0.15) is 13.3 Å². The van der Waals surface area contributed by atoms with Crippen molar-refractivity contribution in [3.8, 4) is 0 Å². The predicted molar refractivity (Wildman–Crippen MR) is 77.5 cm³/mol. The number of ether oxygens (including phenoxy) is 1. The lowest BCUT2D eigenvalue weighted by molar-refractivity contribution is -0.0477. The SMILES string of the molecule is C[C@](O)(CF)[C@H]1CCCN(C(=O)OCc2ccccc2)C1. The van der Waals surface area contributed by atoms with Gasteiger partial charge in [0.2, 0.25) is 0 Å². The second-order valence-electron chi connectivity index (χ2n) is 5.82. The van der Waals surface area contributed by atoms with Crippen LogP contribution in [0.4, 0.5) is 9.18 Å². The minimum absolute atomic E-state index is 0.223. The fourth-order valence-corrected chi connectivity index (χ4v) is 2.57. The van der Waals surface area contributed by atoms with Crippen LogP contribution in [0.15, 0.2) is 30.3 Å². The van der Waals surface area contributed by atoms with E-state index < -0.39 is 18.4 Å². The van der Waals surface area contributed by atoms with Crippen LogP contribution in [0.3, 0.4) is 0 Å². The summed E-state index contributed by atoms with van der Waals surface area (Å²) in [5.74, 6) is -0.250. The van der Waals surface area contributed by atoms with Gasteiger partial charge in [-0.25, -0.2) is 9.18 Å². The van der Waals surface area contributed by atoms with Gasteiger partial charge in [-0.3, -0.25) is 0 Å². The topological polar surface area (TPSA) is 49.8 Å². The van der Waals surface area contributed by atoms with Crippen LogP contribution in [0.2, 0.25) is 0 Å². The molecule has 21 heavy (non-hydrogen) atoms. The van der Waals surface area contributed by atoms with Crippen LogP contribution in [0, 0.1) is 5.92 Å². The van der Waals surface area contributed by atoms with Crippen LogP contribution in [0.5, 0.6) is 0 Å². The Morgan fingerprint density at radius 3 is 2.86 bits per heavy atom. The van der Waals surface area contributed by atoms with Crippen LogP contribution < -0.4 is 0 Å². The normalized spacial score (nSPS) is 21.7. The maximum Gasteiger partial charge on any atom is 0.410 e. The van der Waals surface area contributed by atoms with Gasteiger partial charge in [-0.15, -0.1) is 0 Å². The molecular formula is C16H22FNO3. The Hall–Kier alpha value is -1.62. The zero-order chi connectivity index (χ0) is 15.3. The molecule has 1 aromatic rings. The van der Waals surface area contributed by atoms with Crippen LogP contribution in [0.1, 0.15) is 25.3 Å². The number of halogens is 1. The van der Waals surface area contributed by atoms with E-state index in [2.05, 4.69) is 0 Å². The Morgan fingerprint density at radius 2 is 2.19 bits per heavy atom. The lowest BCUT2D eigenvalue weighted by Gasteiger charge is -2.38. The van der Waals surface area contributed by atoms with Crippen molar-refractivity contribution >= 4 is 6.09 Å². The van der Waals surface area contributed by atoms with Crippen LogP contribution in [-0.4, -0.2) is 41.5 Å². The summed E-state index contributed by atoms with van der Waals surface area (Å²) >= 11 is 0. The summed E-state index contributed by atoms with van der Waals surface area (Å²) in [4.78, 5) is 13.6. The number of amides is 1. The van der Waals surface area contributed by atoms with E-state index in [1.807, 2.05) is 30.3 Å². The highest BCUT2D eigenvalue weighted by Gasteiger charge is 2.37. The van der Waals surface area contributed by atoms with E-state index in [1.54, 1.807) is 4.90 Å². The van der Waals surface area contributed by atoms with E-state index >= 15 is 0 Å². The summed E-state index contributed by atoms with van der Waals surface area (Å²) in [6.45, 7) is 1.83. The van der Waals surface area contributed by atoms with Gasteiger partial charge in [0.05, 0.1) is 5.60 Å². The number of hydrogen-bond acceptors (Lipinski definition) is 3. The number of carbonyl (C=O) groups is 1. The second-order valence-corrected chi connectivity index (χ2v) is 5.82. The molecule has 0 saturated carbocycles. The molecule has 2 rings (SSSR count). The van der Waals surface area contributed by atoms with E-state index in [1.165, 1.54) is 6.92 Å². The number of benzene rings is 1. The summed E-state index contributed by atoms with van der Waals surface area (Å²) in [6, 6.07) is 9.46. The van der Waals surface area contributed by atoms with Crippen molar-refractivity contribution in [3.05, 3.63) is 35.9 Å². The number of aliphatic hydroxyl groups is 1. The van der Waals surface area contributed by atoms with Crippen LogP contribution in [-0.2, 0) is 11.3 Å². The van der Waals surface area contributed by atoms with Crippen molar-refractivity contribution in [1.29, 1.82) is 0 Å². The largest absolute Gasteiger partial charge is 0.445 e. The molecule has 0 spiro atoms. The van der Waals surface area contributed by atoms with Gasteiger partial charge in [-0.2, -0.15) is 0 Å². The van der Waals surface area contributed by atoms with Gasteiger partial charge in [0.15, 0.2) is 0 Å². The molecule has 0 aliphatic carbocycles. The third kappa shape index (κ3) is 4.17. The van der Waals surface area contributed by atoms with Gasteiger partial charge in [0, 0.05) is 19.0 Å². The maximum absolute atomic E-state index is 12.9. The molecule has 1 amide bonds. The number of rotatable bonds is 4. The third-order valence-corrected chi connectivity index (χ3v) is 4.03. The minimum atomic E-state index is -1.38. The minimum Gasteiger partial charge on any atom is -0.445 e. The fourth-order valence-electron chi connectivity index (χ4n) is 2.57. The highest BCUT2D eigenvalue weighted by molar-refractivity contribution is 5.67. The molecule has 116 valence electrons. The first-order valence-corrected chi connectivity index (χ1v) is 7.27. The van der Waals surface area contributed by atoms with Crippen molar-refractivity contribution in [2.45, 2.75) is 32.0 Å². The zero-order valence-corrected chi connectivity index (χ0v) is 12.3. The first kappa shape index (κ1) is 15.8. The average Bonchev–Trinajstić information content (AvgIpc) is 2.53. The van der Waals surface area contributed by atoms with Crippen LogP contribution in [0.25, 0.3) is 0 Å².